The molecule has 0 aromatic heterocycles. The van der Waals surface area contributed by atoms with E-state index in [9.17, 15) is 9.59 Å². The summed E-state index contributed by atoms with van der Waals surface area (Å²) in [6.45, 7) is -0.181. The number of carbonyl (C=O) groups excluding carboxylic acids is 1. The van der Waals surface area contributed by atoms with Gasteiger partial charge in [-0.15, -0.1) is 6.42 Å². The molecule has 2 unspecified atom stereocenters. The van der Waals surface area contributed by atoms with Crippen LogP contribution in [-0.2, 0) is 9.59 Å². The van der Waals surface area contributed by atoms with E-state index in [0.29, 0.717) is 11.8 Å². The van der Waals surface area contributed by atoms with E-state index in [-0.39, 0.29) is 24.9 Å². The van der Waals surface area contributed by atoms with Gasteiger partial charge in [-0.3, -0.25) is 9.59 Å². The molecule has 2 atom stereocenters. The largest absolute Gasteiger partial charge is 0.480 e. The van der Waals surface area contributed by atoms with Crippen molar-refractivity contribution in [2.45, 2.75) is 25.7 Å². The highest BCUT2D eigenvalue weighted by atomic mass is 16.4. The van der Waals surface area contributed by atoms with Crippen LogP contribution in [0.3, 0.4) is 0 Å². The zero-order chi connectivity index (χ0) is 12.4. The Morgan fingerprint density at radius 1 is 1.29 bits per heavy atom. The van der Waals surface area contributed by atoms with Gasteiger partial charge in [0.25, 0.3) is 0 Å². The summed E-state index contributed by atoms with van der Waals surface area (Å²) in [6.07, 6.45) is 9.78. The van der Waals surface area contributed by atoms with Crippen LogP contribution in [0.15, 0.2) is 0 Å². The Labute approximate surface area is 101 Å². The zero-order valence-electron chi connectivity index (χ0n) is 9.76. The first-order chi connectivity index (χ1) is 8.15. The van der Waals surface area contributed by atoms with Crippen molar-refractivity contribution in [2.75, 3.05) is 13.1 Å². The first kappa shape index (κ1) is 12.0. The zero-order valence-corrected chi connectivity index (χ0v) is 9.76. The Hall–Kier alpha value is -1.50. The van der Waals surface area contributed by atoms with Gasteiger partial charge in [0.05, 0.1) is 6.54 Å². The molecule has 0 bridgehead atoms. The number of carboxylic acids is 1. The van der Waals surface area contributed by atoms with Gasteiger partial charge in [0.1, 0.15) is 6.54 Å². The first-order valence-electron chi connectivity index (χ1n) is 6.09. The summed E-state index contributed by atoms with van der Waals surface area (Å²) >= 11 is 0. The van der Waals surface area contributed by atoms with Gasteiger partial charge in [-0.05, 0) is 24.7 Å². The van der Waals surface area contributed by atoms with E-state index in [1.54, 1.807) is 0 Å². The minimum absolute atomic E-state index is 0.0465. The van der Waals surface area contributed by atoms with Crippen LogP contribution in [0.2, 0.25) is 0 Å². The summed E-state index contributed by atoms with van der Waals surface area (Å²) in [6, 6.07) is 0. The number of hydrogen-bond donors (Lipinski definition) is 1. The van der Waals surface area contributed by atoms with Crippen molar-refractivity contribution in [3.05, 3.63) is 0 Å². The van der Waals surface area contributed by atoms with E-state index >= 15 is 0 Å². The Bertz CT molecular complexity index is 359. The van der Waals surface area contributed by atoms with E-state index in [1.807, 2.05) is 0 Å². The molecule has 0 aromatic carbocycles. The number of carbonyl (C=O) groups is 2. The number of hydrogen-bond acceptors (Lipinski definition) is 2. The molecule has 0 spiro atoms. The van der Waals surface area contributed by atoms with Gasteiger partial charge in [-0.2, -0.15) is 0 Å². The molecule has 0 radical (unpaired) electrons. The summed E-state index contributed by atoms with van der Waals surface area (Å²) in [7, 11) is 0. The fourth-order valence-electron chi connectivity index (χ4n) is 3.05. The standard InChI is InChI=1S/C13H17NO3/c1-2-7-14(8-11(15)16)13(17)12-9-5-3-4-6-10(9)12/h1,9-10,12H,3-8H2,(H,15,16). The van der Waals surface area contributed by atoms with Gasteiger partial charge in [0.2, 0.25) is 5.91 Å². The highest BCUT2D eigenvalue weighted by molar-refractivity contribution is 5.86. The lowest BCUT2D eigenvalue weighted by Crippen LogP contribution is -2.37. The topological polar surface area (TPSA) is 57.6 Å². The number of amides is 1. The minimum atomic E-state index is -1.00. The second kappa shape index (κ2) is 4.79. The lowest BCUT2D eigenvalue weighted by atomic mass is 10.0. The van der Waals surface area contributed by atoms with Crippen LogP contribution in [-0.4, -0.2) is 35.0 Å². The Morgan fingerprint density at radius 3 is 2.35 bits per heavy atom. The van der Waals surface area contributed by atoms with Gasteiger partial charge in [0.15, 0.2) is 0 Å². The predicted octanol–water partition coefficient (Wildman–Crippen LogP) is 0.969. The van der Waals surface area contributed by atoms with Crippen molar-refractivity contribution in [3.63, 3.8) is 0 Å². The maximum absolute atomic E-state index is 12.2. The van der Waals surface area contributed by atoms with Gasteiger partial charge in [-0.25, -0.2) is 0 Å². The van der Waals surface area contributed by atoms with Crippen molar-refractivity contribution < 1.29 is 14.7 Å². The van der Waals surface area contributed by atoms with Crippen LogP contribution in [0.1, 0.15) is 25.7 Å². The second-order valence-electron chi connectivity index (χ2n) is 4.93. The molecule has 0 aromatic rings. The molecule has 92 valence electrons. The molecular formula is C13H17NO3. The molecule has 2 fully saturated rings. The van der Waals surface area contributed by atoms with Crippen molar-refractivity contribution >= 4 is 11.9 Å². The third kappa shape index (κ3) is 2.44. The first-order valence-corrected chi connectivity index (χ1v) is 6.09. The number of terminal acetylenes is 1. The molecule has 0 heterocycles. The monoisotopic (exact) mass is 235 g/mol. The van der Waals surface area contributed by atoms with E-state index < -0.39 is 5.97 Å². The van der Waals surface area contributed by atoms with Gasteiger partial charge in [-0.1, -0.05) is 18.8 Å². The van der Waals surface area contributed by atoms with E-state index in [4.69, 9.17) is 11.5 Å². The molecule has 0 aliphatic heterocycles. The molecule has 2 rings (SSSR count). The summed E-state index contributed by atoms with van der Waals surface area (Å²) in [5.41, 5.74) is 0. The highest BCUT2D eigenvalue weighted by Crippen LogP contribution is 2.56. The number of rotatable bonds is 4. The fourth-order valence-corrected chi connectivity index (χ4v) is 3.05. The average Bonchev–Trinajstić information content (AvgIpc) is 3.01. The molecule has 1 amide bonds. The number of fused-ring (bicyclic) bond motifs is 1. The highest BCUT2D eigenvalue weighted by Gasteiger charge is 2.55. The lowest BCUT2D eigenvalue weighted by Gasteiger charge is -2.17. The van der Waals surface area contributed by atoms with Crippen LogP contribution >= 0.6 is 0 Å². The molecule has 1 N–H and O–H groups in total. The molecule has 4 nitrogen and oxygen atoms in total. The predicted molar refractivity (Wildman–Crippen MR) is 62.0 cm³/mol. The van der Waals surface area contributed by atoms with Crippen molar-refractivity contribution in [2.24, 2.45) is 17.8 Å². The summed E-state index contributed by atoms with van der Waals surface area (Å²) < 4.78 is 0. The molecule has 17 heavy (non-hydrogen) atoms. The number of nitrogens with zero attached hydrogens (tertiary/aromatic N) is 1. The van der Waals surface area contributed by atoms with Gasteiger partial charge < -0.3 is 10.0 Å². The van der Waals surface area contributed by atoms with Crippen LogP contribution < -0.4 is 0 Å². The molecule has 0 saturated heterocycles. The maximum Gasteiger partial charge on any atom is 0.323 e. The SMILES string of the molecule is C#CCN(CC(=O)O)C(=O)C1C2CCCCC21. The molecule has 2 aliphatic carbocycles. The van der Waals surface area contributed by atoms with E-state index in [1.165, 1.54) is 17.7 Å². The van der Waals surface area contributed by atoms with Crippen LogP contribution in [0, 0.1) is 30.1 Å². The second-order valence-corrected chi connectivity index (χ2v) is 4.93. The van der Waals surface area contributed by atoms with E-state index in [0.717, 1.165) is 12.8 Å². The van der Waals surface area contributed by atoms with Crippen molar-refractivity contribution in [1.29, 1.82) is 0 Å². The van der Waals surface area contributed by atoms with Crippen LogP contribution in [0.4, 0.5) is 0 Å². The van der Waals surface area contributed by atoms with Crippen LogP contribution in [0.5, 0.6) is 0 Å². The average molecular weight is 235 g/mol. The quantitative estimate of drug-likeness (QED) is 0.739. The Balaban J connectivity index is 1.97. The minimum Gasteiger partial charge on any atom is -0.480 e. The number of aliphatic carboxylic acids is 1. The van der Waals surface area contributed by atoms with Crippen LogP contribution in [0.25, 0.3) is 0 Å². The Kier molecular flexibility index (Phi) is 3.37. The fraction of sp³-hybridized carbons (Fsp3) is 0.692. The molecule has 4 heteroatoms. The maximum atomic E-state index is 12.2. The summed E-state index contributed by atoms with van der Waals surface area (Å²) in [5, 5.41) is 8.76. The van der Waals surface area contributed by atoms with Crippen molar-refractivity contribution in [3.8, 4) is 12.3 Å². The third-order valence-corrected chi connectivity index (χ3v) is 3.86. The molecule has 2 saturated carbocycles. The van der Waals surface area contributed by atoms with Gasteiger partial charge in [0, 0.05) is 5.92 Å². The van der Waals surface area contributed by atoms with E-state index in [2.05, 4.69) is 5.92 Å². The molecule has 2 aliphatic rings. The normalized spacial score (nSPS) is 29.9. The van der Waals surface area contributed by atoms with Gasteiger partial charge >= 0.3 is 5.97 Å². The summed E-state index contributed by atoms with van der Waals surface area (Å²) in [4.78, 5) is 24.1. The Morgan fingerprint density at radius 2 is 1.88 bits per heavy atom. The summed E-state index contributed by atoms with van der Waals surface area (Å²) in [5.74, 6) is 2.33. The van der Waals surface area contributed by atoms with Crippen molar-refractivity contribution in [1.82, 2.24) is 4.90 Å². The number of carboxylic acid groups (broad SMARTS) is 1. The smallest absolute Gasteiger partial charge is 0.323 e. The lowest BCUT2D eigenvalue weighted by molar-refractivity contribution is -0.144. The molecular weight excluding hydrogens is 218 g/mol. The third-order valence-electron chi connectivity index (χ3n) is 3.86.